The standard InChI is InChI=1S/C23H23N3O2/c1-17-13-26(14-20(28-17)16-27-15-18-6-3-2-4-7-18)22-10-9-19(12-24)23-21(22)8-5-11-25-23/h2-11,17,20H,13-16H2,1H3. The molecule has 0 spiro atoms. The Balaban J connectivity index is 1.49. The zero-order chi connectivity index (χ0) is 19.3. The molecule has 2 unspecified atom stereocenters. The molecule has 0 aliphatic carbocycles. The van der Waals surface area contributed by atoms with Gasteiger partial charge in [-0.25, -0.2) is 0 Å². The Morgan fingerprint density at radius 1 is 1.14 bits per heavy atom. The predicted molar refractivity (Wildman–Crippen MR) is 109 cm³/mol. The van der Waals surface area contributed by atoms with Gasteiger partial charge in [-0.3, -0.25) is 4.98 Å². The lowest BCUT2D eigenvalue weighted by Crippen LogP contribution is -2.48. The highest BCUT2D eigenvalue weighted by molar-refractivity contribution is 5.95. The first kappa shape index (κ1) is 18.4. The molecule has 2 atom stereocenters. The van der Waals surface area contributed by atoms with Crippen LogP contribution in [0, 0.1) is 11.3 Å². The molecule has 5 nitrogen and oxygen atoms in total. The Labute approximate surface area is 165 Å². The molecular formula is C23H23N3O2. The molecule has 2 heterocycles. The number of hydrogen-bond donors (Lipinski definition) is 0. The lowest BCUT2D eigenvalue weighted by molar-refractivity contribution is -0.0633. The molecule has 0 radical (unpaired) electrons. The van der Waals surface area contributed by atoms with E-state index in [1.165, 1.54) is 0 Å². The van der Waals surface area contributed by atoms with Crippen LogP contribution in [0.25, 0.3) is 10.9 Å². The Kier molecular flexibility index (Phi) is 5.52. The summed E-state index contributed by atoms with van der Waals surface area (Å²) >= 11 is 0. The third kappa shape index (κ3) is 3.99. The van der Waals surface area contributed by atoms with Gasteiger partial charge in [0, 0.05) is 30.4 Å². The number of ether oxygens (including phenoxy) is 2. The third-order valence-corrected chi connectivity index (χ3v) is 4.95. The van der Waals surface area contributed by atoms with Gasteiger partial charge in [0.15, 0.2) is 0 Å². The van der Waals surface area contributed by atoms with E-state index in [0.29, 0.717) is 18.8 Å². The van der Waals surface area contributed by atoms with Crippen molar-refractivity contribution in [2.24, 2.45) is 0 Å². The molecule has 0 saturated carbocycles. The maximum absolute atomic E-state index is 9.37. The van der Waals surface area contributed by atoms with Gasteiger partial charge >= 0.3 is 0 Å². The molecular weight excluding hydrogens is 350 g/mol. The molecule has 1 aromatic heterocycles. The Hall–Kier alpha value is -2.94. The zero-order valence-corrected chi connectivity index (χ0v) is 15.9. The summed E-state index contributed by atoms with van der Waals surface area (Å²) in [4.78, 5) is 6.74. The highest BCUT2D eigenvalue weighted by Crippen LogP contribution is 2.30. The van der Waals surface area contributed by atoms with E-state index in [0.717, 1.165) is 35.2 Å². The fourth-order valence-electron chi connectivity index (χ4n) is 3.74. The summed E-state index contributed by atoms with van der Waals surface area (Å²) in [5, 5.41) is 10.4. The smallest absolute Gasteiger partial charge is 0.101 e. The largest absolute Gasteiger partial charge is 0.374 e. The van der Waals surface area contributed by atoms with Crippen LogP contribution in [0.5, 0.6) is 0 Å². The number of aromatic nitrogens is 1. The first-order chi connectivity index (χ1) is 13.7. The number of hydrogen-bond acceptors (Lipinski definition) is 5. The van der Waals surface area contributed by atoms with E-state index in [1.807, 2.05) is 42.5 Å². The van der Waals surface area contributed by atoms with Crippen molar-refractivity contribution < 1.29 is 9.47 Å². The monoisotopic (exact) mass is 373 g/mol. The van der Waals surface area contributed by atoms with E-state index < -0.39 is 0 Å². The molecule has 1 saturated heterocycles. The van der Waals surface area contributed by atoms with Crippen molar-refractivity contribution in [1.82, 2.24) is 4.98 Å². The minimum Gasteiger partial charge on any atom is -0.374 e. The number of nitriles is 1. The van der Waals surface area contributed by atoms with E-state index in [2.05, 4.69) is 35.0 Å². The van der Waals surface area contributed by atoms with Crippen LogP contribution in [-0.4, -0.2) is 36.9 Å². The Bertz CT molecular complexity index is 984. The van der Waals surface area contributed by atoms with Gasteiger partial charge in [-0.15, -0.1) is 0 Å². The second kappa shape index (κ2) is 8.39. The lowest BCUT2D eigenvalue weighted by atomic mass is 10.1. The van der Waals surface area contributed by atoms with Crippen molar-refractivity contribution in [2.75, 3.05) is 24.6 Å². The Morgan fingerprint density at radius 2 is 2.00 bits per heavy atom. The van der Waals surface area contributed by atoms with Gasteiger partial charge in [0.1, 0.15) is 6.07 Å². The second-order valence-corrected chi connectivity index (χ2v) is 7.12. The highest BCUT2D eigenvalue weighted by Gasteiger charge is 2.27. The number of pyridine rings is 1. The van der Waals surface area contributed by atoms with Gasteiger partial charge in [-0.1, -0.05) is 30.3 Å². The quantitative estimate of drug-likeness (QED) is 0.678. The lowest BCUT2D eigenvalue weighted by Gasteiger charge is -2.38. The normalized spacial score (nSPS) is 19.5. The molecule has 2 aromatic carbocycles. The van der Waals surface area contributed by atoms with Crippen molar-refractivity contribution in [3.8, 4) is 6.07 Å². The second-order valence-electron chi connectivity index (χ2n) is 7.12. The maximum atomic E-state index is 9.37. The minimum atomic E-state index is -0.00479. The predicted octanol–water partition coefficient (Wildman–Crippen LogP) is 3.92. The van der Waals surface area contributed by atoms with Crippen molar-refractivity contribution in [3.05, 3.63) is 71.9 Å². The van der Waals surface area contributed by atoms with Crippen LogP contribution in [0.3, 0.4) is 0 Å². The molecule has 1 aliphatic rings. The number of rotatable bonds is 5. The summed E-state index contributed by atoms with van der Waals surface area (Å²) in [5.74, 6) is 0. The summed E-state index contributed by atoms with van der Waals surface area (Å²) in [6.07, 6.45) is 1.83. The van der Waals surface area contributed by atoms with E-state index in [9.17, 15) is 5.26 Å². The van der Waals surface area contributed by atoms with Gasteiger partial charge < -0.3 is 14.4 Å². The molecule has 0 N–H and O–H groups in total. The van der Waals surface area contributed by atoms with Gasteiger partial charge in [0.25, 0.3) is 0 Å². The topological polar surface area (TPSA) is 58.4 Å². The van der Waals surface area contributed by atoms with Crippen molar-refractivity contribution in [1.29, 1.82) is 5.26 Å². The van der Waals surface area contributed by atoms with Gasteiger partial charge in [0.05, 0.1) is 36.5 Å². The van der Waals surface area contributed by atoms with E-state index in [1.54, 1.807) is 6.20 Å². The van der Waals surface area contributed by atoms with Crippen molar-refractivity contribution >= 4 is 16.6 Å². The van der Waals surface area contributed by atoms with Gasteiger partial charge in [0.2, 0.25) is 0 Å². The maximum Gasteiger partial charge on any atom is 0.101 e. The van der Waals surface area contributed by atoms with Crippen molar-refractivity contribution in [2.45, 2.75) is 25.7 Å². The van der Waals surface area contributed by atoms with Crippen LogP contribution in [0.2, 0.25) is 0 Å². The number of nitrogens with zero attached hydrogens (tertiary/aromatic N) is 3. The van der Waals surface area contributed by atoms with E-state index in [4.69, 9.17) is 9.47 Å². The Morgan fingerprint density at radius 3 is 2.82 bits per heavy atom. The van der Waals surface area contributed by atoms with E-state index >= 15 is 0 Å². The summed E-state index contributed by atoms with van der Waals surface area (Å²) in [6, 6.07) is 20.2. The summed E-state index contributed by atoms with van der Waals surface area (Å²) in [7, 11) is 0. The van der Waals surface area contributed by atoms with Crippen LogP contribution in [-0.2, 0) is 16.1 Å². The molecule has 142 valence electrons. The first-order valence-corrected chi connectivity index (χ1v) is 9.54. The molecule has 4 rings (SSSR count). The SMILES string of the molecule is CC1CN(c2ccc(C#N)c3ncccc23)CC(COCc2ccccc2)O1. The van der Waals surface area contributed by atoms with E-state index in [-0.39, 0.29) is 12.2 Å². The minimum absolute atomic E-state index is 0.00479. The van der Waals surface area contributed by atoms with Crippen LogP contribution in [0.4, 0.5) is 5.69 Å². The summed E-state index contributed by atoms with van der Waals surface area (Å²) < 4.78 is 12.0. The molecule has 1 fully saturated rings. The summed E-state index contributed by atoms with van der Waals surface area (Å²) in [5.41, 5.74) is 3.60. The fourth-order valence-corrected chi connectivity index (χ4v) is 3.74. The highest BCUT2D eigenvalue weighted by atomic mass is 16.5. The number of morpholine rings is 1. The van der Waals surface area contributed by atoms with Crippen LogP contribution in [0.15, 0.2) is 60.8 Å². The first-order valence-electron chi connectivity index (χ1n) is 9.54. The zero-order valence-electron chi connectivity index (χ0n) is 15.9. The molecule has 3 aromatic rings. The van der Waals surface area contributed by atoms with Gasteiger partial charge in [-0.2, -0.15) is 5.26 Å². The third-order valence-electron chi connectivity index (χ3n) is 4.95. The number of fused-ring (bicyclic) bond motifs is 1. The molecule has 5 heteroatoms. The number of benzene rings is 2. The van der Waals surface area contributed by atoms with Crippen molar-refractivity contribution in [3.63, 3.8) is 0 Å². The average Bonchev–Trinajstić information content (AvgIpc) is 2.73. The molecule has 0 amide bonds. The van der Waals surface area contributed by atoms with Crippen LogP contribution >= 0.6 is 0 Å². The summed E-state index contributed by atoms with van der Waals surface area (Å²) in [6.45, 7) is 4.75. The average molecular weight is 373 g/mol. The van der Waals surface area contributed by atoms with Crippen LogP contribution < -0.4 is 4.90 Å². The molecule has 0 bridgehead atoms. The van der Waals surface area contributed by atoms with Gasteiger partial charge in [-0.05, 0) is 36.8 Å². The number of anilines is 1. The molecule has 28 heavy (non-hydrogen) atoms. The molecule has 1 aliphatic heterocycles. The fraction of sp³-hybridized carbons (Fsp3) is 0.304. The van der Waals surface area contributed by atoms with Crippen LogP contribution in [0.1, 0.15) is 18.1 Å².